The summed E-state index contributed by atoms with van der Waals surface area (Å²) in [7, 11) is 0. The van der Waals surface area contributed by atoms with Gasteiger partial charge in [-0.1, -0.05) is 273 Å². The van der Waals surface area contributed by atoms with Gasteiger partial charge in [-0.25, -0.2) is 0 Å². The summed E-state index contributed by atoms with van der Waals surface area (Å²) in [5.74, 6) is 1.39. The van der Waals surface area contributed by atoms with Gasteiger partial charge in [0.05, 0.1) is 0 Å². The van der Waals surface area contributed by atoms with E-state index in [0.717, 1.165) is 0 Å². The highest BCUT2D eigenvalue weighted by Gasteiger charge is 2.50. The summed E-state index contributed by atoms with van der Waals surface area (Å²) < 4.78 is 0. The molecule has 0 fully saturated rings. The quantitative estimate of drug-likeness (QED) is 0.133. The smallest absolute Gasteiger partial charge is 0.0352 e. The molecule has 11 aromatic carbocycles. The van der Waals surface area contributed by atoms with Crippen LogP contribution in [0.5, 0.6) is 0 Å². The van der Waals surface area contributed by atoms with Crippen LogP contribution in [0.2, 0.25) is 0 Å². The zero-order chi connectivity index (χ0) is 51.3. The standard InChI is InChI=1S/C78H56/c1-6-22-49(23-7-1)54-32-20-33-56(44-54)73-67-45-55(50-24-8-2-9-25-50)40-42-64(67)77-65-43-41-57(71(51-26-10-3-11-27-51)52-28-12-4-13-29-52)46-68(65)72(53-30-14-5-15-31-53)69-47-58(48-70(73)78(69)77)59-38-21-39-66-74-60-34-16-18-36-62(60)76(75(59)66)63-37-19-17-35-61(63)74/h1-48,60,62,71-74,76-77H. The number of hydrogen-bond acceptors (Lipinski definition) is 0. The van der Waals surface area contributed by atoms with Gasteiger partial charge in [0.15, 0.2) is 0 Å². The SMILES string of the molecule is C1=CC2C3c4ccccc4C(c4c(-c5cc6c7c(c5)C(c5ccccc5)c5cc(C(c8ccccc8)c8ccccc8)ccc5C7c5ccc(-c7ccccc7)cc5C6c5cccc(-c6ccccc6)c5)cccc43)C2C=C1. The van der Waals surface area contributed by atoms with E-state index in [4.69, 9.17) is 0 Å². The number of fused-ring (bicyclic) bond motifs is 4. The Kier molecular flexibility index (Phi) is 10.6. The predicted molar refractivity (Wildman–Crippen MR) is 321 cm³/mol. The van der Waals surface area contributed by atoms with Crippen LogP contribution in [-0.4, -0.2) is 0 Å². The number of rotatable bonds is 8. The van der Waals surface area contributed by atoms with Crippen molar-refractivity contribution in [3.8, 4) is 33.4 Å². The van der Waals surface area contributed by atoms with Gasteiger partial charge >= 0.3 is 0 Å². The first-order valence-corrected chi connectivity index (χ1v) is 28.1. The van der Waals surface area contributed by atoms with Crippen LogP contribution >= 0.6 is 0 Å². The largest absolute Gasteiger partial charge is 0.0799 e. The summed E-state index contributed by atoms with van der Waals surface area (Å²) in [5, 5.41) is 0. The van der Waals surface area contributed by atoms with Gasteiger partial charge in [-0.3, -0.25) is 0 Å². The molecule has 11 aromatic rings. The molecule has 78 heavy (non-hydrogen) atoms. The zero-order valence-electron chi connectivity index (χ0n) is 43.3. The Morgan fingerprint density at radius 3 is 1.37 bits per heavy atom. The molecule has 0 heterocycles. The van der Waals surface area contributed by atoms with Crippen LogP contribution in [0.25, 0.3) is 33.4 Å². The average Bonchev–Trinajstić information content (AvgIpc) is 2.93. The fourth-order valence-corrected chi connectivity index (χ4v) is 15.4. The summed E-state index contributed by atoms with van der Waals surface area (Å²) in [4.78, 5) is 0. The van der Waals surface area contributed by atoms with Crippen LogP contribution in [-0.2, 0) is 0 Å². The van der Waals surface area contributed by atoms with Gasteiger partial charge < -0.3 is 0 Å². The molecule has 0 amide bonds. The predicted octanol–water partition coefficient (Wildman–Crippen LogP) is 19.0. The third-order valence-corrected chi connectivity index (χ3v) is 18.5. The van der Waals surface area contributed by atoms with Crippen LogP contribution in [0.3, 0.4) is 0 Å². The third-order valence-electron chi connectivity index (χ3n) is 18.5. The average molecular weight is 993 g/mol. The highest BCUT2D eigenvalue weighted by molar-refractivity contribution is 5.82. The highest BCUT2D eigenvalue weighted by Crippen LogP contribution is 2.63. The van der Waals surface area contributed by atoms with Crippen molar-refractivity contribution >= 4 is 0 Å². The van der Waals surface area contributed by atoms with E-state index in [1.807, 2.05) is 0 Å². The molecule has 0 aliphatic heterocycles. The van der Waals surface area contributed by atoms with E-state index in [0.29, 0.717) is 17.8 Å². The van der Waals surface area contributed by atoms with Crippen molar-refractivity contribution in [3.63, 3.8) is 0 Å². The fourth-order valence-electron chi connectivity index (χ4n) is 15.4. The molecule has 7 atom stereocenters. The van der Waals surface area contributed by atoms with Crippen molar-refractivity contribution in [2.45, 2.75) is 35.5 Å². The monoisotopic (exact) mass is 992 g/mol. The van der Waals surface area contributed by atoms with Crippen molar-refractivity contribution in [1.29, 1.82) is 0 Å². The van der Waals surface area contributed by atoms with Gasteiger partial charge in [0.2, 0.25) is 0 Å². The summed E-state index contributed by atoms with van der Waals surface area (Å²) in [6, 6.07) is 102. The van der Waals surface area contributed by atoms with Gasteiger partial charge in [0.25, 0.3) is 0 Å². The maximum atomic E-state index is 2.67. The first-order chi connectivity index (χ1) is 38.7. The molecule has 7 unspecified atom stereocenters. The van der Waals surface area contributed by atoms with Crippen LogP contribution in [0, 0.1) is 11.8 Å². The molecule has 0 N–H and O–H groups in total. The first-order valence-electron chi connectivity index (χ1n) is 28.1. The topological polar surface area (TPSA) is 0 Å². The molecule has 2 bridgehead atoms. The van der Waals surface area contributed by atoms with E-state index in [1.165, 1.54) is 122 Å². The molecular weight excluding hydrogens is 937 g/mol. The summed E-state index contributed by atoms with van der Waals surface area (Å²) >= 11 is 0. The minimum absolute atomic E-state index is 0.0147. The second-order valence-corrected chi connectivity index (χ2v) is 22.4. The van der Waals surface area contributed by atoms with Crippen LogP contribution in [0.15, 0.2) is 291 Å². The van der Waals surface area contributed by atoms with E-state index in [9.17, 15) is 0 Å². The minimum Gasteiger partial charge on any atom is -0.0799 e. The van der Waals surface area contributed by atoms with Gasteiger partial charge in [-0.15, -0.1) is 0 Å². The summed E-state index contributed by atoms with van der Waals surface area (Å²) in [6.07, 6.45) is 9.62. The fraction of sp³-hybridized carbons (Fsp3) is 0.103. The molecule has 368 valence electrons. The second kappa shape index (κ2) is 18.3. The van der Waals surface area contributed by atoms with E-state index < -0.39 is 0 Å². The Bertz CT molecular complexity index is 4130. The molecule has 0 saturated carbocycles. The maximum Gasteiger partial charge on any atom is 0.0352 e. The van der Waals surface area contributed by atoms with E-state index in [1.54, 1.807) is 0 Å². The van der Waals surface area contributed by atoms with Gasteiger partial charge in [-0.2, -0.15) is 0 Å². The Hall–Kier alpha value is -9.10. The van der Waals surface area contributed by atoms with Crippen molar-refractivity contribution in [2.75, 3.05) is 0 Å². The van der Waals surface area contributed by atoms with Crippen LogP contribution < -0.4 is 0 Å². The Morgan fingerprint density at radius 1 is 0.244 bits per heavy atom. The maximum absolute atomic E-state index is 2.67. The lowest BCUT2D eigenvalue weighted by molar-refractivity contribution is 0.332. The molecular formula is C78H56. The number of allylic oxidation sites excluding steroid dienone is 4. The van der Waals surface area contributed by atoms with Crippen molar-refractivity contribution in [1.82, 2.24) is 0 Å². The lowest BCUT2D eigenvalue weighted by Crippen LogP contribution is -2.39. The molecule has 0 spiro atoms. The normalized spacial score (nSPS) is 20.4. The van der Waals surface area contributed by atoms with E-state index in [-0.39, 0.29) is 29.6 Å². The van der Waals surface area contributed by atoms with Crippen molar-refractivity contribution in [2.24, 2.45) is 11.8 Å². The van der Waals surface area contributed by atoms with Crippen molar-refractivity contribution < 1.29 is 0 Å². The lowest BCUT2D eigenvalue weighted by atomic mass is 9.52. The van der Waals surface area contributed by atoms with Gasteiger partial charge in [0, 0.05) is 35.5 Å². The number of benzene rings is 11. The molecule has 6 aliphatic carbocycles. The molecule has 17 rings (SSSR count). The molecule has 0 heteroatoms. The molecule has 0 aromatic heterocycles. The van der Waals surface area contributed by atoms with E-state index >= 15 is 0 Å². The Morgan fingerprint density at radius 2 is 0.718 bits per heavy atom. The number of hydrogen-bond donors (Lipinski definition) is 0. The first kappa shape index (κ1) is 45.1. The lowest BCUT2D eigenvalue weighted by Gasteiger charge is -2.50. The Labute approximate surface area is 458 Å². The third kappa shape index (κ3) is 7.06. The van der Waals surface area contributed by atoms with Crippen molar-refractivity contribution in [3.05, 3.63) is 380 Å². The molecule has 0 nitrogen and oxygen atoms in total. The summed E-state index contributed by atoms with van der Waals surface area (Å²) in [5.41, 5.74) is 30.0. The summed E-state index contributed by atoms with van der Waals surface area (Å²) in [6.45, 7) is 0. The zero-order valence-corrected chi connectivity index (χ0v) is 43.3. The minimum atomic E-state index is -0.0393. The molecule has 0 saturated heterocycles. The van der Waals surface area contributed by atoms with Gasteiger partial charge in [0.1, 0.15) is 0 Å². The van der Waals surface area contributed by atoms with Gasteiger partial charge in [-0.05, 0) is 152 Å². The van der Waals surface area contributed by atoms with Crippen LogP contribution in [0.4, 0.5) is 0 Å². The Balaban J connectivity index is 1.01. The molecule has 6 aliphatic rings. The second-order valence-electron chi connectivity index (χ2n) is 22.4. The van der Waals surface area contributed by atoms with E-state index in [2.05, 4.69) is 291 Å². The van der Waals surface area contributed by atoms with Crippen LogP contribution in [0.1, 0.15) is 125 Å². The highest BCUT2D eigenvalue weighted by atomic mass is 14.5. The molecule has 0 radical (unpaired) electrons.